The van der Waals surface area contributed by atoms with Gasteiger partial charge in [-0.25, -0.2) is 0 Å². The molecule has 1 aliphatic heterocycles. The van der Waals surface area contributed by atoms with Gasteiger partial charge in [0, 0.05) is 12.8 Å². The van der Waals surface area contributed by atoms with Crippen molar-refractivity contribution in [2.75, 3.05) is 0 Å². The second-order valence-corrected chi connectivity index (χ2v) is 3.91. The van der Waals surface area contributed by atoms with Crippen LogP contribution in [0.5, 0.6) is 0 Å². The summed E-state index contributed by atoms with van der Waals surface area (Å²) < 4.78 is 5.77. The summed E-state index contributed by atoms with van der Waals surface area (Å²) in [6.45, 7) is 2.16. The van der Waals surface area contributed by atoms with Crippen LogP contribution in [0.15, 0.2) is 23.5 Å². The maximum absolute atomic E-state index is 11.5. The predicted molar refractivity (Wildman–Crippen MR) is 54.8 cm³/mol. The molecule has 0 aromatic heterocycles. The van der Waals surface area contributed by atoms with Crippen LogP contribution in [0.3, 0.4) is 0 Å². The highest BCUT2D eigenvalue weighted by atomic mass is 16.5. The van der Waals surface area contributed by atoms with E-state index < -0.39 is 0 Å². The SMILES string of the molecule is CCCC1CC=C2C(=O)CCC=C2O1. The quantitative estimate of drug-likeness (QED) is 0.672. The minimum Gasteiger partial charge on any atom is -0.490 e. The first kappa shape index (κ1) is 9.50. The van der Waals surface area contributed by atoms with Gasteiger partial charge in [-0.05, 0) is 18.9 Å². The third kappa shape index (κ3) is 1.74. The highest BCUT2D eigenvalue weighted by molar-refractivity contribution is 6.00. The lowest BCUT2D eigenvalue weighted by Gasteiger charge is -2.27. The van der Waals surface area contributed by atoms with Gasteiger partial charge in [-0.15, -0.1) is 0 Å². The smallest absolute Gasteiger partial charge is 0.166 e. The number of rotatable bonds is 2. The van der Waals surface area contributed by atoms with E-state index in [1.165, 1.54) is 0 Å². The molecule has 76 valence electrons. The molecule has 1 aliphatic carbocycles. The normalized spacial score (nSPS) is 26.1. The van der Waals surface area contributed by atoms with E-state index in [0.29, 0.717) is 12.5 Å². The molecule has 0 radical (unpaired) electrons. The summed E-state index contributed by atoms with van der Waals surface area (Å²) in [4.78, 5) is 11.5. The third-order valence-electron chi connectivity index (χ3n) is 2.76. The Bertz CT molecular complexity index is 299. The van der Waals surface area contributed by atoms with Crippen LogP contribution in [0, 0.1) is 0 Å². The number of Topliss-reactive ketones (excluding diaryl/α,β-unsaturated/α-hetero) is 1. The molecule has 2 heteroatoms. The van der Waals surface area contributed by atoms with Gasteiger partial charge in [0.25, 0.3) is 0 Å². The molecule has 0 saturated heterocycles. The third-order valence-corrected chi connectivity index (χ3v) is 2.76. The molecule has 1 heterocycles. The molecule has 0 saturated carbocycles. The first-order chi connectivity index (χ1) is 6.81. The van der Waals surface area contributed by atoms with E-state index in [1.807, 2.05) is 0 Å². The topological polar surface area (TPSA) is 26.3 Å². The minimum absolute atomic E-state index is 0.248. The van der Waals surface area contributed by atoms with E-state index in [-0.39, 0.29) is 5.78 Å². The molecule has 2 nitrogen and oxygen atoms in total. The van der Waals surface area contributed by atoms with Gasteiger partial charge in [0.2, 0.25) is 0 Å². The van der Waals surface area contributed by atoms with Crippen LogP contribution in [0.1, 0.15) is 39.0 Å². The van der Waals surface area contributed by atoms with Crippen LogP contribution in [-0.2, 0) is 9.53 Å². The maximum Gasteiger partial charge on any atom is 0.166 e. The van der Waals surface area contributed by atoms with Crippen molar-refractivity contribution in [3.05, 3.63) is 23.5 Å². The summed E-state index contributed by atoms with van der Waals surface area (Å²) in [6, 6.07) is 0. The Kier molecular flexibility index (Phi) is 2.71. The van der Waals surface area contributed by atoms with Crippen LogP contribution in [0.4, 0.5) is 0 Å². The lowest BCUT2D eigenvalue weighted by molar-refractivity contribution is -0.116. The van der Waals surface area contributed by atoms with Crippen LogP contribution >= 0.6 is 0 Å². The van der Waals surface area contributed by atoms with Crippen molar-refractivity contribution >= 4 is 5.78 Å². The highest BCUT2D eigenvalue weighted by Crippen LogP contribution is 2.30. The molecule has 14 heavy (non-hydrogen) atoms. The molecule has 0 aromatic carbocycles. The summed E-state index contributed by atoms with van der Waals surface area (Å²) >= 11 is 0. The lowest BCUT2D eigenvalue weighted by Crippen LogP contribution is -2.22. The highest BCUT2D eigenvalue weighted by Gasteiger charge is 2.25. The fourth-order valence-corrected chi connectivity index (χ4v) is 2.02. The van der Waals surface area contributed by atoms with E-state index in [0.717, 1.165) is 37.0 Å². The Morgan fingerprint density at radius 1 is 1.50 bits per heavy atom. The summed E-state index contributed by atoms with van der Waals surface area (Å²) in [5.41, 5.74) is 0.823. The largest absolute Gasteiger partial charge is 0.490 e. The van der Waals surface area contributed by atoms with Crippen molar-refractivity contribution in [3.63, 3.8) is 0 Å². The van der Waals surface area contributed by atoms with Gasteiger partial charge < -0.3 is 4.74 Å². The predicted octanol–water partition coefficient (Wildman–Crippen LogP) is 2.75. The van der Waals surface area contributed by atoms with Crippen LogP contribution in [0.2, 0.25) is 0 Å². The van der Waals surface area contributed by atoms with Crippen molar-refractivity contribution in [3.8, 4) is 0 Å². The van der Waals surface area contributed by atoms with Crippen molar-refractivity contribution in [1.82, 2.24) is 0 Å². The molecular weight excluding hydrogens is 176 g/mol. The minimum atomic E-state index is 0.248. The Morgan fingerprint density at radius 3 is 3.14 bits per heavy atom. The number of ether oxygens (including phenoxy) is 1. The second kappa shape index (κ2) is 3.99. The number of ketones is 1. The summed E-state index contributed by atoms with van der Waals surface area (Å²) in [7, 11) is 0. The molecule has 2 aliphatic rings. The van der Waals surface area contributed by atoms with Crippen LogP contribution in [-0.4, -0.2) is 11.9 Å². The Balaban J connectivity index is 2.13. The van der Waals surface area contributed by atoms with Gasteiger partial charge in [0.1, 0.15) is 11.9 Å². The van der Waals surface area contributed by atoms with E-state index in [4.69, 9.17) is 4.74 Å². The first-order valence-corrected chi connectivity index (χ1v) is 5.41. The lowest BCUT2D eigenvalue weighted by atomic mass is 9.94. The number of carbonyl (C=O) groups is 1. The van der Waals surface area contributed by atoms with Gasteiger partial charge in [-0.2, -0.15) is 0 Å². The number of fused-ring (bicyclic) bond motifs is 1. The van der Waals surface area contributed by atoms with E-state index in [9.17, 15) is 4.79 Å². The van der Waals surface area contributed by atoms with Crippen LogP contribution in [0.25, 0.3) is 0 Å². The standard InChI is InChI=1S/C12H16O2/c1-2-4-9-7-8-10-11(13)5-3-6-12(10)14-9/h6,8-9H,2-5,7H2,1H3. The van der Waals surface area contributed by atoms with E-state index in [1.54, 1.807) is 0 Å². The van der Waals surface area contributed by atoms with E-state index in [2.05, 4.69) is 19.1 Å². The fourth-order valence-electron chi connectivity index (χ4n) is 2.02. The molecule has 0 bridgehead atoms. The Morgan fingerprint density at radius 2 is 2.36 bits per heavy atom. The second-order valence-electron chi connectivity index (χ2n) is 3.91. The molecule has 1 unspecified atom stereocenters. The molecule has 1 atom stereocenters. The van der Waals surface area contributed by atoms with Gasteiger partial charge in [-0.1, -0.05) is 19.4 Å². The zero-order valence-corrected chi connectivity index (χ0v) is 8.58. The summed E-state index contributed by atoms with van der Waals surface area (Å²) in [5.74, 6) is 1.09. The van der Waals surface area contributed by atoms with Crippen molar-refractivity contribution in [1.29, 1.82) is 0 Å². The number of hydrogen-bond acceptors (Lipinski definition) is 2. The Labute approximate surface area is 84.6 Å². The average Bonchev–Trinajstić information content (AvgIpc) is 2.18. The first-order valence-electron chi connectivity index (χ1n) is 5.41. The number of carbonyl (C=O) groups excluding carboxylic acids is 1. The summed E-state index contributed by atoms with van der Waals surface area (Å²) in [5, 5.41) is 0. The number of allylic oxidation sites excluding steroid dienone is 2. The fraction of sp³-hybridized carbons (Fsp3) is 0.583. The van der Waals surface area contributed by atoms with Gasteiger partial charge in [-0.3, -0.25) is 4.79 Å². The van der Waals surface area contributed by atoms with Gasteiger partial charge in [0.05, 0.1) is 5.57 Å². The molecule has 2 rings (SSSR count). The maximum atomic E-state index is 11.5. The molecule has 0 amide bonds. The molecular formula is C12H16O2. The Hall–Kier alpha value is -1.05. The molecule has 0 fully saturated rings. The zero-order valence-electron chi connectivity index (χ0n) is 8.58. The molecule has 0 aromatic rings. The monoisotopic (exact) mass is 192 g/mol. The zero-order chi connectivity index (χ0) is 9.97. The average molecular weight is 192 g/mol. The van der Waals surface area contributed by atoms with Gasteiger partial charge >= 0.3 is 0 Å². The van der Waals surface area contributed by atoms with Gasteiger partial charge in [0.15, 0.2) is 5.78 Å². The van der Waals surface area contributed by atoms with Crippen LogP contribution < -0.4 is 0 Å². The molecule has 0 N–H and O–H groups in total. The van der Waals surface area contributed by atoms with E-state index >= 15 is 0 Å². The van der Waals surface area contributed by atoms with Crippen molar-refractivity contribution < 1.29 is 9.53 Å². The molecule has 0 spiro atoms. The summed E-state index contributed by atoms with van der Waals surface area (Å²) in [6.07, 6.45) is 8.99. The van der Waals surface area contributed by atoms with Crippen molar-refractivity contribution in [2.45, 2.75) is 45.1 Å². The van der Waals surface area contributed by atoms with Crippen molar-refractivity contribution in [2.24, 2.45) is 0 Å². The number of hydrogen-bond donors (Lipinski definition) is 0.